The van der Waals surface area contributed by atoms with Gasteiger partial charge >= 0.3 is 5.97 Å². The van der Waals surface area contributed by atoms with Gasteiger partial charge in [0.2, 0.25) is 5.78 Å². The Morgan fingerprint density at radius 3 is 2.60 bits per heavy atom. The Morgan fingerprint density at radius 2 is 2.13 bits per heavy atom. The molecule has 0 amide bonds. The molecule has 1 aromatic rings. The van der Waals surface area contributed by atoms with E-state index in [1.807, 2.05) is 0 Å². The molecular formula is C9H9NO4S. The Bertz CT molecular complexity index is 410. The molecule has 0 aliphatic carbocycles. The standard InChI is InChI=1S/C9H9NO4S/c1-5-10-4-8(15-5)6(11)3-7(12)9(13)14-2/h4H,3H2,1-2H3. The minimum atomic E-state index is -0.996. The van der Waals surface area contributed by atoms with Crippen molar-refractivity contribution in [1.29, 1.82) is 0 Å². The number of rotatable bonds is 4. The normalized spacial score (nSPS) is 9.73. The number of aryl methyl sites for hydroxylation is 1. The van der Waals surface area contributed by atoms with Crippen LogP contribution < -0.4 is 0 Å². The lowest BCUT2D eigenvalue weighted by molar-refractivity contribution is -0.151. The van der Waals surface area contributed by atoms with Gasteiger partial charge in [-0.15, -0.1) is 11.3 Å². The van der Waals surface area contributed by atoms with Gasteiger partial charge in [0, 0.05) is 6.20 Å². The van der Waals surface area contributed by atoms with E-state index in [-0.39, 0.29) is 0 Å². The lowest BCUT2D eigenvalue weighted by atomic mass is 10.2. The molecule has 0 fully saturated rings. The van der Waals surface area contributed by atoms with Crippen molar-refractivity contribution < 1.29 is 19.1 Å². The fourth-order valence-electron chi connectivity index (χ4n) is 0.909. The number of methoxy groups -OCH3 is 1. The molecule has 80 valence electrons. The highest BCUT2D eigenvalue weighted by Gasteiger charge is 2.20. The first kappa shape index (κ1) is 11.5. The summed E-state index contributed by atoms with van der Waals surface area (Å²) in [4.78, 5) is 37.5. The average molecular weight is 227 g/mol. The van der Waals surface area contributed by atoms with E-state index in [4.69, 9.17) is 0 Å². The maximum Gasteiger partial charge on any atom is 0.374 e. The van der Waals surface area contributed by atoms with Crippen LogP contribution in [-0.4, -0.2) is 29.6 Å². The molecule has 0 unspecified atom stereocenters. The molecule has 6 heteroatoms. The van der Waals surface area contributed by atoms with Gasteiger partial charge in [-0.25, -0.2) is 9.78 Å². The zero-order chi connectivity index (χ0) is 11.4. The highest BCUT2D eigenvalue weighted by atomic mass is 32.1. The summed E-state index contributed by atoms with van der Waals surface area (Å²) < 4.78 is 4.20. The van der Waals surface area contributed by atoms with Gasteiger partial charge in [-0.05, 0) is 6.92 Å². The van der Waals surface area contributed by atoms with Gasteiger partial charge < -0.3 is 4.74 Å². The van der Waals surface area contributed by atoms with Crippen LogP contribution in [0, 0.1) is 6.92 Å². The first-order valence-corrected chi connectivity index (χ1v) is 4.93. The lowest BCUT2D eigenvalue weighted by Crippen LogP contribution is -2.18. The van der Waals surface area contributed by atoms with Crippen molar-refractivity contribution in [3.05, 3.63) is 16.1 Å². The second-order valence-corrected chi connectivity index (χ2v) is 3.99. The van der Waals surface area contributed by atoms with E-state index in [0.717, 1.165) is 12.1 Å². The molecule has 5 nitrogen and oxygen atoms in total. The predicted molar refractivity (Wildman–Crippen MR) is 52.8 cm³/mol. The summed E-state index contributed by atoms with van der Waals surface area (Å²) in [6, 6.07) is 0. The molecule has 0 radical (unpaired) electrons. The number of thiazole rings is 1. The van der Waals surface area contributed by atoms with Crippen molar-refractivity contribution in [2.75, 3.05) is 7.11 Å². The van der Waals surface area contributed by atoms with Gasteiger partial charge in [0.15, 0.2) is 5.78 Å². The molecule has 0 N–H and O–H groups in total. The number of ketones is 2. The predicted octanol–water partition coefficient (Wildman–Crippen LogP) is 0.766. The fraction of sp³-hybridized carbons (Fsp3) is 0.333. The lowest BCUT2D eigenvalue weighted by Gasteiger charge is -1.95. The van der Waals surface area contributed by atoms with E-state index in [2.05, 4.69) is 9.72 Å². The van der Waals surface area contributed by atoms with Crippen molar-refractivity contribution in [2.24, 2.45) is 0 Å². The average Bonchev–Trinajstić information content (AvgIpc) is 2.63. The molecule has 15 heavy (non-hydrogen) atoms. The van der Waals surface area contributed by atoms with Crippen molar-refractivity contribution >= 4 is 28.9 Å². The minimum Gasteiger partial charge on any atom is -0.463 e. The number of hydrogen-bond donors (Lipinski definition) is 0. The Balaban J connectivity index is 2.64. The summed E-state index contributed by atoms with van der Waals surface area (Å²) in [6.45, 7) is 1.75. The van der Waals surface area contributed by atoms with E-state index >= 15 is 0 Å². The largest absolute Gasteiger partial charge is 0.463 e. The molecule has 0 aliphatic heterocycles. The van der Waals surface area contributed by atoms with E-state index in [1.54, 1.807) is 6.92 Å². The Labute approximate surface area is 90.1 Å². The van der Waals surface area contributed by atoms with E-state index < -0.39 is 24.0 Å². The van der Waals surface area contributed by atoms with Crippen molar-refractivity contribution in [1.82, 2.24) is 4.98 Å². The number of esters is 1. The molecule has 0 saturated heterocycles. The number of nitrogens with zero attached hydrogens (tertiary/aromatic N) is 1. The first-order valence-electron chi connectivity index (χ1n) is 4.11. The number of ether oxygens (including phenoxy) is 1. The van der Waals surface area contributed by atoms with Gasteiger partial charge in [0.25, 0.3) is 0 Å². The number of carbonyl (C=O) groups is 3. The Kier molecular flexibility index (Phi) is 3.68. The second kappa shape index (κ2) is 4.79. The van der Waals surface area contributed by atoms with E-state index in [1.165, 1.54) is 17.5 Å². The third-order valence-corrected chi connectivity index (χ3v) is 2.58. The van der Waals surface area contributed by atoms with Crippen LogP contribution in [0.1, 0.15) is 21.1 Å². The monoisotopic (exact) mass is 227 g/mol. The molecule has 0 aliphatic rings. The van der Waals surface area contributed by atoms with E-state index in [9.17, 15) is 14.4 Å². The number of carbonyl (C=O) groups excluding carboxylic acids is 3. The summed E-state index contributed by atoms with van der Waals surface area (Å²) in [5.41, 5.74) is 0. The van der Waals surface area contributed by atoms with Crippen LogP contribution in [0.25, 0.3) is 0 Å². The highest BCUT2D eigenvalue weighted by Crippen LogP contribution is 2.13. The zero-order valence-electron chi connectivity index (χ0n) is 8.27. The van der Waals surface area contributed by atoms with Gasteiger partial charge in [0.1, 0.15) is 0 Å². The summed E-state index contributed by atoms with van der Waals surface area (Å²) in [5, 5.41) is 0.740. The van der Waals surface area contributed by atoms with Crippen molar-refractivity contribution in [3.8, 4) is 0 Å². The molecule has 0 aromatic carbocycles. The fourth-order valence-corrected chi connectivity index (χ4v) is 1.62. The quantitative estimate of drug-likeness (QED) is 0.329. The van der Waals surface area contributed by atoms with Gasteiger partial charge in [0.05, 0.1) is 23.4 Å². The van der Waals surface area contributed by atoms with Crippen molar-refractivity contribution in [2.45, 2.75) is 13.3 Å². The van der Waals surface area contributed by atoms with Crippen LogP contribution in [0.4, 0.5) is 0 Å². The molecule has 0 saturated carbocycles. The molecular weight excluding hydrogens is 218 g/mol. The minimum absolute atomic E-state index is 0.379. The van der Waals surface area contributed by atoms with Crippen LogP contribution in [-0.2, 0) is 14.3 Å². The Morgan fingerprint density at radius 1 is 1.47 bits per heavy atom. The molecule has 0 spiro atoms. The smallest absolute Gasteiger partial charge is 0.374 e. The third-order valence-electron chi connectivity index (χ3n) is 1.63. The number of aromatic nitrogens is 1. The number of hydrogen-bond acceptors (Lipinski definition) is 6. The number of Topliss-reactive ketones (excluding diaryl/α,β-unsaturated/α-hetero) is 2. The SMILES string of the molecule is COC(=O)C(=O)CC(=O)c1cnc(C)s1. The first-order chi connectivity index (χ1) is 7.04. The topological polar surface area (TPSA) is 73.3 Å². The Hall–Kier alpha value is -1.56. The highest BCUT2D eigenvalue weighted by molar-refractivity contribution is 7.13. The van der Waals surface area contributed by atoms with E-state index in [0.29, 0.717) is 4.88 Å². The summed E-state index contributed by atoms with van der Waals surface area (Å²) >= 11 is 1.19. The molecule has 1 rings (SSSR count). The van der Waals surface area contributed by atoms with Gasteiger partial charge in [-0.1, -0.05) is 0 Å². The third kappa shape index (κ3) is 2.95. The zero-order valence-corrected chi connectivity index (χ0v) is 9.09. The van der Waals surface area contributed by atoms with Crippen LogP contribution in [0.15, 0.2) is 6.20 Å². The van der Waals surface area contributed by atoms with Crippen molar-refractivity contribution in [3.63, 3.8) is 0 Å². The molecule has 1 heterocycles. The van der Waals surface area contributed by atoms with Gasteiger partial charge in [-0.2, -0.15) is 0 Å². The maximum absolute atomic E-state index is 11.4. The molecule has 1 aromatic heterocycles. The molecule has 0 atom stereocenters. The molecule has 0 bridgehead atoms. The summed E-state index contributed by atoms with van der Waals surface area (Å²) in [5.74, 6) is -2.24. The maximum atomic E-state index is 11.4. The van der Waals surface area contributed by atoms with Crippen LogP contribution in [0.3, 0.4) is 0 Å². The second-order valence-electron chi connectivity index (χ2n) is 2.76. The summed E-state index contributed by atoms with van der Waals surface area (Å²) in [6.07, 6.45) is 0.932. The van der Waals surface area contributed by atoms with Gasteiger partial charge in [-0.3, -0.25) is 9.59 Å². The summed E-state index contributed by atoms with van der Waals surface area (Å²) in [7, 11) is 1.10. The van der Waals surface area contributed by atoms with Crippen LogP contribution in [0.2, 0.25) is 0 Å². The van der Waals surface area contributed by atoms with Crippen LogP contribution in [0.5, 0.6) is 0 Å². The van der Waals surface area contributed by atoms with Crippen LogP contribution >= 0.6 is 11.3 Å².